The van der Waals surface area contributed by atoms with Crippen molar-refractivity contribution in [1.29, 1.82) is 0 Å². The fraction of sp³-hybridized carbons (Fsp3) is 0.818. The molecule has 1 saturated carbocycles. The summed E-state index contributed by atoms with van der Waals surface area (Å²) in [5.74, 6) is 1.83. The Hall–Kier alpha value is 0.0900. The van der Waals surface area contributed by atoms with Crippen LogP contribution >= 0.6 is 11.8 Å². The predicted octanol–water partition coefficient (Wildman–Crippen LogP) is 3.48. The van der Waals surface area contributed by atoms with Crippen LogP contribution in [0.15, 0.2) is 11.6 Å². The third kappa shape index (κ3) is 1.22. The summed E-state index contributed by atoms with van der Waals surface area (Å²) in [6.45, 7) is 7.03. The Labute approximate surface area is 79.8 Å². The Morgan fingerprint density at radius 1 is 1.42 bits per heavy atom. The van der Waals surface area contributed by atoms with Crippen LogP contribution in [0.4, 0.5) is 0 Å². The molecule has 2 bridgehead atoms. The Kier molecular flexibility index (Phi) is 2.24. The van der Waals surface area contributed by atoms with Gasteiger partial charge in [0, 0.05) is 10.5 Å². The molecule has 4 unspecified atom stereocenters. The largest absolute Gasteiger partial charge is 0.155 e. The molecule has 4 atom stereocenters. The molecule has 0 aromatic rings. The Morgan fingerprint density at radius 2 is 2.17 bits per heavy atom. The van der Waals surface area contributed by atoms with Crippen LogP contribution in [0, 0.1) is 11.8 Å². The zero-order chi connectivity index (χ0) is 8.72. The van der Waals surface area contributed by atoms with E-state index in [1.165, 1.54) is 12.8 Å². The van der Waals surface area contributed by atoms with Crippen molar-refractivity contribution in [2.45, 2.75) is 44.1 Å². The summed E-state index contributed by atoms with van der Waals surface area (Å²) in [5.41, 5.74) is 1.74. The van der Waals surface area contributed by atoms with E-state index >= 15 is 0 Å². The van der Waals surface area contributed by atoms with Crippen molar-refractivity contribution < 1.29 is 0 Å². The highest BCUT2D eigenvalue weighted by Crippen LogP contribution is 2.51. The summed E-state index contributed by atoms with van der Waals surface area (Å²) >= 11 is 2.21. The van der Waals surface area contributed by atoms with Gasteiger partial charge in [0.05, 0.1) is 0 Å². The lowest BCUT2D eigenvalue weighted by Crippen LogP contribution is -2.25. The van der Waals surface area contributed by atoms with Gasteiger partial charge in [-0.1, -0.05) is 25.5 Å². The molecule has 2 rings (SSSR count). The van der Waals surface area contributed by atoms with Gasteiger partial charge in [0.1, 0.15) is 0 Å². The molecule has 1 heterocycles. The molecule has 0 spiro atoms. The zero-order valence-corrected chi connectivity index (χ0v) is 9.03. The van der Waals surface area contributed by atoms with Crippen LogP contribution in [0.1, 0.15) is 33.6 Å². The minimum Gasteiger partial charge on any atom is -0.155 e. The Morgan fingerprint density at radius 3 is 2.83 bits per heavy atom. The Balaban J connectivity index is 2.21. The quantitative estimate of drug-likeness (QED) is 0.517. The third-order valence-corrected chi connectivity index (χ3v) is 5.21. The predicted molar refractivity (Wildman–Crippen MR) is 56.5 cm³/mol. The van der Waals surface area contributed by atoms with Crippen molar-refractivity contribution in [3.05, 3.63) is 11.6 Å². The molecule has 1 aliphatic carbocycles. The third-order valence-electron chi connectivity index (χ3n) is 3.61. The highest BCUT2D eigenvalue weighted by molar-refractivity contribution is 8.00. The van der Waals surface area contributed by atoms with E-state index in [4.69, 9.17) is 0 Å². The van der Waals surface area contributed by atoms with Gasteiger partial charge in [-0.3, -0.25) is 0 Å². The Bertz CT molecular complexity index is 207. The second-order valence-corrected chi connectivity index (χ2v) is 5.91. The van der Waals surface area contributed by atoms with Crippen LogP contribution in [0.2, 0.25) is 0 Å². The van der Waals surface area contributed by atoms with E-state index in [0.29, 0.717) is 0 Å². The molecule has 0 radical (unpaired) electrons. The summed E-state index contributed by atoms with van der Waals surface area (Å²) < 4.78 is 0. The lowest BCUT2D eigenvalue weighted by atomic mass is 9.87. The monoisotopic (exact) mass is 182 g/mol. The van der Waals surface area contributed by atoms with Gasteiger partial charge in [-0.25, -0.2) is 0 Å². The van der Waals surface area contributed by atoms with E-state index in [1.807, 2.05) is 0 Å². The topological polar surface area (TPSA) is 0 Å². The number of thioether (sulfide) groups is 1. The first-order valence-electron chi connectivity index (χ1n) is 5.03. The van der Waals surface area contributed by atoms with Crippen molar-refractivity contribution in [3.63, 3.8) is 0 Å². The minimum atomic E-state index is 0.881. The summed E-state index contributed by atoms with van der Waals surface area (Å²) in [5, 5.41) is 1.83. The average Bonchev–Trinajstić information content (AvgIpc) is 2.41. The molecule has 0 amide bonds. The molecule has 0 aromatic heterocycles. The van der Waals surface area contributed by atoms with E-state index in [2.05, 4.69) is 38.6 Å². The van der Waals surface area contributed by atoms with E-state index in [9.17, 15) is 0 Å². The molecule has 2 aliphatic rings. The maximum atomic E-state index is 2.42. The highest BCUT2D eigenvalue weighted by Gasteiger charge is 2.40. The zero-order valence-electron chi connectivity index (χ0n) is 8.21. The summed E-state index contributed by atoms with van der Waals surface area (Å²) in [6, 6.07) is 0. The molecular weight excluding hydrogens is 164 g/mol. The first-order chi connectivity index (χ1) is 5.72. The van der Waals surface area contributed by atoms with Gasteiger partial charge in [0.15, 0.2) is 0 Å². The molecule has 0 aromatic carbocycles. The molecule has 12 heavy (non-hydrogen) atoms. The number of hydrogen-bond donors (Lipinski definition) is 0. The highest BCUT2D eigenvalue weighted by atomic mass is 32.2. The van der Waals surface area contributed by atoms with Crippen LogP contribution in [-0.4, -0.2) is 10.5 Å². The molecule has 1 saturated heterocycles. The second-order valence-electron chi connectivity index (χ2n) is 4.23. The van der Waals surface area contributed by atoms with Gasteiger partial charge in [-0.05, 0) is 31.6 Å². The van der Waals surface area contributed by atoms with Gasteiger partial charge in [-0.2, -0.15) is 11.8 Å². The second kappa shape index (κ2) is 3.10. The van der Waals surface area contributed by atoms with Crippen molar-refractivity contribution >= 4 is 11.8 Å². The lowest BCUT2D eigenvalue weighted by molar-refractivity contribution is 0.403. The van der Waals surface area contributed by atoms with Crippen LogP contribution < -0.4 is 0 Å². The first kappa shape index (κ1) is 8.68. The van der Waals surface area contributed by atoms with Crippen LogP contribution in [0.5, 0.6) is 0 Å². The van der Waals surface area contributed by atoms with Crippen LogP contribution in [0.3, 0.4) is 0 Å². The number of fused-ring (bicyclic) bond motifs is 2. The summed E-state index contributed by atoms with van der Waals surface area (Å²) in [4.78, 5) is 0. The van der Waals surface area contributed by atoms with E-state index in [1.54, 1.807) is 5.57 Å². The maximum Gasteiger partial charge on any atom is 0.00929 e. The van der Waals surface area contributed by atoms with Gasteiger partial charge in [-0.15, -0.1) is 0 Å². The molecule has 2 fully saturated rings. The van der Waals surface area contributed by atoms with E-state index in [0.717, 1.165) is 22.3 Å². The van der Waals surface area contributed by atoms with Gasteiger partial charge >= 0.3 is 0 Å². The fourth-order valence-electron chi connectivity index (χ4n) is 2.67. The number of allylic oxidation sites excluding steroid dienone is 2. The SMILES string of the molecule is C/C=C1\CC2CC1C(C)C(C)S2. The molecular formula is C11H18S. The van der Waals surface area contributed by atoms with Gasteiger partial charge in [0.2, 0.25) is 0 Å². The number of rotatable bonds is 0. The smallest absolute Gasteiger partial charge is 0.00929 e. The van der Waals surface area contributed by atoms with Crippen molar-refractivity contribution in [1.82, 2.24) is 0 Å². The molecule has 1 aliphatic heterocycles. The van der Waals surface area contributed by atoms with Gasteiger partial charge < -0.3 is 0 Å². The lowest BCUT2D eigenvalue weighted by Gasteiger charge is -2.31. The molecule has 68 valence electrons. The first-order valence-corrected chi connectivity index (χ1v) is 5.97. The standard InChI is InChI=1S/C11H18S/c1-4-9-5-10-6-11(9)7(2)8(3)12-10/h4,7-8,10-11H,5-6H2,1-3H3/b9-4+. The maximum absolute atomic E-state index is 2.42. The average molecular weight is 182 g/mol. The minimum absolute atomic E-state index is 0.881. The molecule has 1 heteroatoms. The van der Waals surface area contributed by atoms with Crippen molar-refractivity contribution in [2.75, 3.05) is 0 Å². The molecule has 0 N–H and O–H groups in total. The van der Waals surface area contributed by atoms with Crippen LogP contribution in [0.25, 0.3) is 0 Å². The molecule has 0 nitrogen and oxygen atoms in total. The fourth-order valence-corrected chi connectivity index (χ4v) is 4.33. The van der Waals surface area contributed by atoms with Crippen molar-refractivity contribution in [3.8, 4) is 0 Å². The van der Waals surface area contributed by atoms with Gasteiger partial charge in [0.25, 0.3) is 0 Å². The summed E-state index contributed by atoms with van der Waals surface area (Å²) in [7, 11) is 0. The van der Waals surface area contributed by atoms with Crippen LogP contribution in [-0.2, 0) is 0 Å². The van der Waals surface area contributed by atoms with Crippen molar-refractivity contribution in [2.24, 2.45) is 11.8 Å². The summed E-state index contributed by atoms with van der Waals surface area (Å²) in [6.07, 6.45) is 5.19. The normalized spacial score (nSPS) is 50.1. The van der Waals surface area contributed by atoms with E-state index in [-0.39, 0.29) is 0 Å². The number of hydrogen-bond acceptors (Lipinski definition) is 1. The van der Waals surface area contributed by atoms with E-state index < -0.39 is 0 Å².